The van der Waals surface area contributed by atoms with Crippen molar-refractivity contribution >= 4 is 5.97 Å². The van der Waals surface area contributed by atoms with Crippen LogP contribution in [-0.2, 0) is 9.53 Å². The molecule has 100 valence electrons. The van der Waals surface area contributed by atoms with Gasteiger partial charge in [0.2, 0.25) is 0 Å². The zero-order valence-corrected chi connectivity index (χ0v) is 11.5. The van der Waals surface area contributed by atoms with E-state index in [1.165, 1.54) is 25.7 Å². The van der Waals surface area contributed by atoms with Crippen molar-refractivity contribution in [1.29, 1.82) is 0 Å². The molecule has 17 heavy (non-hydrogen) atoms. The molecule has 0 heterocycles. The first-order valence-electron chi connectivity index (χ1n) is 7.03. The summed E-state index contributed by atoms with van der Waals surface area (Å²) < 4.78 is 5.06. The molecule has 0 rings (SSSR count). The van der Waals surface area contributed by atoms with Crippen molar-refractivity contribution in [1.82, 2.24) is 0 Å². The number of hydrogen-bond acceptors (Lipinski definition) is 2. The molecule has 0 aromatic carbocycles. The normalized spacial score (nSPS) is 12.1. The predicted octanol–water partition coefficient (Wildman–Crippen LogP) is 4.49. The van der Waals surface area contributed by atoms with Gasteiger partial charge in [-0.15, -0.1) is 6.58 Å². The van der Waals surface area contributed by atoms with Crippen molar-refractivity contribution < 1.29 is 9.53 Å². The van der Waals surface area contributed by atoms with E-state index in [0.717, 1.165) is 25.7 Å². The lowest BCUT2D eigenvalue weighted by Crippen LogP contribution is -2.16. The van der Waals surface area contributed by atoms with Gasteiger partial charge in [0.15, 0.2) is 0 Å². The summed E-state index contributed by atoms with van der Waals surface area (Å²) in [5.74, 6) is 0.102. The van der Waals surface area contributed by atoms with Crippen LogP contribution < -0.4 is 0 Å². The third kappa shape index (κ3) is 8.96. The first-order chi connectivity index (χ1) is 8.26. The van der Waals surface area contributed by atoms with Crippen molar-refractivity contribution in [3.05, 3.63) is 12.7 Å². The van der Waals surface area contributed by atoms with Gasteiger partial charge in [-0.25, -0.2) is 0 Å². The minimum atomic E-state index is -0.0124. The predicted molar refractivity (Wildman–Crippen MR) is 72.9 cm³/mol. The Hall–Kier alpha value is -0.790. The van der Waals surface area contributed by atoms with Gasteiger partial charge in [0.1, 0.15) is 0 Å². The topological polar surface area (TPSA) is 26.3 Å². The number of rotatable bonds is 11. The fraction of sp³-hybridized carbons (Fsp3) is 0.800. The van der Waals surface area contributed by atoms with Crippen molar-refractivity contribution in [3.63, 3.8) is 0 Å². The first kappa shape index (κ1) is 16.2. The minimum absolute atomic E-state index is 0.0124. The van der Waals surface area contributed by atoms with Crippen molar-refractivity contribution in [2.45, 2.75) is 65.2 Å². The zero-order chi connectivity index (χ0) is 12.9. The first-order valence-corrected chi connectivity index (χ1v) is 7.03. The van der Waals surface area contributed by atoms with E-state index in [1.54, 1.807) is 0 Å². The van der Waals surface area contributed by atoms with Crippen LogP contribution in [0.5, 0.6) is 0 Å². The van der Waals surface area contributed by atoms with Crippen molar-refractivity contribution in [2.24, 2.45) is 5.92 Å². The molecule has 0 aromatic heterocycles. The lowest BCUT2D eigenvalue weighted by molar-refractivity contribution is -0.148. The second-order valence-electron chi connectivity index (χ2n) is 4.49. The van der Waals surface area contributed by atoms with Crippen LogP contribution in [0.15, 0.2) is 12.7 Å². The average molecular weight is 240 g/mol. The number of hydrogen-bond donors (Lipinski definition) is 0. The molecule has 0 aliphatic rings. The Labute approximate surface area is 106 Å². The highest BCUT2D eigenvalue weighted by atomic mass is 16.5. The van der Waals surface area contributed by atoms with Gasteiger partial charge in [-0.1, -0.05) is 38.7 Å². The molecule has 2 nitrogen and oxygen atoms in total. The van der Waals surface area contributed by atoms with Gasteiger partial charge in [-0.3, -0.25) is 4.79 Å². The number of carbonyl (C=O) groups is 1. The Morgan fingerprint density at radius 3 is 2.41 bits per heavy atom. The second kappa shape index (κ2) is 11.7. The molecule has 0 fully saturated rings. The minimum Gasteiger partial charge on any atom is -0.466 e. The van der Waals surface area contributed by atoms with E-state index in [-0.39, 0.29) is 11.9 Å². The summed E-state index contributed by atoms with van der Waals surface area (Å²) in [6.45, 7) is 8.14. The summed E-state index contributed by atoms with van der Waals surface area (Å²) in [5, 5.41) is 0. The van der Waals surface area contributed by atoms with Crippen molar-refractivity contribution in [3.8, 4) is 0 Å². The van der Waals surface area contributed by atoms with Crippen LogP contribution in [0.1, 0.15) is 65.2 Å². The van der Waals surface area contributed by atoms with Gasteiger partial charge < -0.3 is 4.74 Å². The molecule has 0 spiro atoms. The largest absolute Gasteiger partial charge is 0.466 e. The third-order valence-corrected chi connectivity index (χ3v) is 3.07. The summed E-state index contributed by atoms with van der Waals surface area (Å²) in [5.41, 5.74) is 0. The van der Waals surface area contributed by atoms with Crippen LogP contribution >= 0.6 is 0 Å². The van der Waals surface area contributed by atoms with E-state index in [0.29, 0.717) is 6.61 Å². The maximum absolute atomic E-state index is 11.5. The molecule has 1 atom stereocenters. The molecule has 1 unspecified atom stereocenters. The standard InChI is InChI=1S/C15H28O2/c1-4-7-8-9-10-11-12-13-14(5-2)15(16)17-6-3/h4,14H,1,5-13H2,2-3H3. The Kier molecular flexibility index (Phi) is 11.1. The van der Waals surface area contributed by atoms with Crippen molar-refractivity contribution in [2.75, 3.05) is 6.61 Å². The maximum atomic E-state index is 11.5. The van der Waals surface area contributed by atoms with Gasteiger partial charge in [0.25, 0.3) is 0 Å². The highest BCUT2D eigenvalue weighted by molar-refractivity contribution is 5.72. The van der Waals surface area contributed by atoms with Crippen LogP contribution in [0.3, 0.4) is 0 Å². The maximum Gasteiger partial charge on any atom is 0.308 e. The van der Waals surface area contributed by atoms with E-state index in [4.69, 9.17) is 4.74 Å². The monoisotopic (exact) mass is 240 g/mol. The Morgan fingerprint density at radius 1 is 1.18 bits per heavy atom. The van der Waals surface area contributed by atoms with Crippen LogP contribution in [-0.4, -0.2) is 12.6 Å². The quantitative estimate of drug-likeness (QED) is 0.302. The van der Waals surface area contributed by atoms with Gasteiger partial charge in [0, 0.05) is 0 Å². The Balaban J connectivity index is 3.49. The molecule has 0 radical (unpaired) electrons. The SMILES string of the molecule is C=CCCCCCCCC(CC)C(=O)OCC. The molecule has 0 bridgehead atoms. The summed E-state index contributed by atoms with van der Waals surface area (Å²) in [6.07, 6.45) is 11.2. The number of carbonyl (C=O) groups excluding carboxylic acids is 1. The second-order valence-corrected chi connectivity index (χ2v) is 4.49. The molecule has 0 aromatic rings. The number of allylic oxidation sites excluding steroid dienone is 1. The fourth-order valence-corrected chi connectivity index (χ4v) is 1.96. The number of esters is 1. The summed E-state index contributed by atoms with van der Waals surface area (Å²) in [6, 6.07) is 0. The van der Waals surface area contributed by atoms with Crippen LogP contribution in [0.2, 0.25) is 0 Å². The number of ether oxygens (including phenoxy) is 1. The molecular formula is C15H28O2. The third-order valence-electron chi connectivity index (χ3n) is 3.07. The molecule has 0 saturated heterocycles. The van der Waals surface area contributed by atoms with Crippen LogP contribution in [0.4, 0.5) is 0 Å². The van der Waals surface area contributed by atoms with E-state index in [2.05, 4.69) is 13.5 Å². The van der Waals surface area contributed by atoms with E-state index < -0.39 is 0 Å². The van der Waals surface area contributed by atoms with E-state index in [9.17, 15) is 4.79 Å². The number of unbranched alkanes of at least 4 members (excludes halogenated alkanes) is 5. The molecule has 0 saturated carbocycles. The lowest BCUT2D eigenvalue weighted by atomic mass is 9.98. The summed E-state index contributed by atoms with van der Waals surface area (Å²) in [7, 11) is 0. The highest BCUT2D eigenvalue weighted by Gasteiger charge is 2.16. The molecular weight excluding hydrogens is 212 g/mol. The van der Waals surface area contributed by atoms with Gasteiger partial charge in [0.05, 0.1) is 12.5 Å². The van der Waals surface area contributed by atoms with Gasteiger partial charge in [-0.05, 0) is 32.6 Å². The molecule has 0 aliphatic heterocycles. The highest BCUT2D eigenvalue weighted by Crippen LogP contribution is 2.16. The average Bonchev–Trinajstić information content (AvgIpc) is 2.33. The lowest BCUT2D eigenvalue weighted by Gasteiger charge is -2.12. The zero-order valence-electron chi connectivity index (χ0n) is 11.5. The van der Waals surface area contributed by atoms with E-state index >= 15 is 0 Å². The van der Waals surface area contributed by atoms with Crippen LogP contribution in [0, 0.1) is 5.92 Å². The molecule has 0 amide bonds. The Bertz CT molecular complexity index is 199. The van der Waals surface area contributed by atoms with E-state index in [1.807, 2.05) is 13.0 Å². The Morgan fingerprint density at radius 2 is 1.82 bits per heavy atom. The molecule has 0 N–H and O–H groups in total. The van der Waals surface area contributed by atoms with Crippen LogP contribution in [0.25, 0.3) is 0 Å². The van der Waals surface area contributed by atoms with Gasteiger partial charge >= 0.3 is 5.97 Å². The fourth-order valence-electron chi connectivity index (χ4n) is 1.96. The summed E-state index contributed by atoms with van der Waals surface area (Å²) in [4.78, 5) is 11.5. The smallest absolute Gasteiger partial charge is 0.308 e. The molecule has 2 heteroatoms. The van der Waals surface area contributed by atoms with Gasteiger partial charge in [-0.2, -0.15) is 0 Å². The molecule has 0 aliphatic carbocycles. The summed E-state index contributed by atoms with van der Waals surface area (Å²) >= 11 is 0.